The highest BCUT2D eigenvalue weighted by Crippen LogP contribution is 2.31. The molecule has 1 aromatic rings. The third-order valence-corrected chi connectivity index (χ3v) is 2.61. The molecule has 0 amide bonds. The topological polar surface area (TPSA) is 18.5 Å². The summed E-state index contributed by atoms with van der Waals surface area (Å²) in [6.45, 7) is 5.74. The average molecular weight is 294 g/mol. The maximum Gasteiger partial charge on any atom is 0.140 e. The Morgan fingerprint density at radius 1 is 1.33 bits per heavy atom. The van der Waals surface area contributed by atoms with E-state index in [1.165, 1.54) is 0 Å². The van der Waals surface area contributed by atoms with Gasteiger partial charge in [0, 0.05) is 11.1 Å². The SMILES string of the molecule is CCOCCOc1c(C)cc(Br)cc1Cl. The van der Waals surface area contributed by atoms with Crippen LogP contribution in [-0.4, -0.2) is 19.8 Å². The molecule has 0 saturated heterocycles. The molecule has 0 saturated carbocycles. The molecule has 0 radical (unpaired) electrons. The van der Waals surface area contributed by atoms with Crippen LogP contribution >= 0.6 is 27.5 Å². The van der Waals surface area contributed by atoms with Gasteiger partial charge in [-0.25, -0.2) is 0 Å². The predicted molar refractivity (Wildman–Crippen MR) is 65.9 cm³/mol. The minimum atomic E-state index is 0.524. The Bertz CT molecular complexity index is 305. The molecule has 0 bridgehead atoms. The van der Waals surface area contributed by atoms with E-state index in [0.29, 0.717) is 24.8 Å². The molecule has 0 aliphatic rings. The van der Waals surface area contributed by atoms with Crippen molar-refractivity contribution in [3.05, 3.63) is 27.2 Å². The summed E-state index contributed by atoms with van der Waals surface area (Å²) in [5.74, 6) is 0.736. The van der Waals surface area contributed by atoms with Crippen LogP contribution in [0.25, 0.3) is 0 Å². The van der Waals surface area contributed by atoms with E-state index in [0.717, 1.165) is 15.8 Å². The van der Waals surface area contributed by atoms with Crippen molar-refractivity contribution < 1.29 is 9.47 Å². The van der Waals surface area contributed by atoms with E-state index < -0.39 is 0 Å². The van der Waals surface area contributed by atoms with Crippen molar-refractivity contribution in [1.82, 2.24) is 0 Å². The van der Waals surface area contributed by atoms with E-state index in [1.807, 2.05) is 26.0 Å². The second-order valence-corrected chi connectivity index (χ2v) is 4.40. The summed E-state index contributed by atoms with van der Waals surface area (Å²) in [6.07, 6.45) is 0. The Balaban J connectivity index is 2.60. The van der Waals surface area contributed by atoms with Gasteiger partial charge in [0.25, 0.3) is 0 Å². The standard InChI is InChI=1S/C11H14BrClO2/c1-3-14-4-5-15-11-8(2)6-9(12)7-10(11)13/h6-7H,3-5H2,1-2H3. The summed E-state index contributed by atoms with van der Waals surface area (Å²) < 4.78 is 11.7. The third-order valence-electron chi connectivity index (χ3n) is 1.87. The molecule has 84 valence electrons. The van der Waals surface area contributed by atoms with Gasteiger partial charge in [-0.05, 0) is 31.5 Å². The Morgan fingerprint density at radius 3 is 2.67 bits per heavy atom. The maximum absolute atomic E-state index is 6.05. The fourth-order valence-corrected chi connectivity index (χ4v) is 2.24. The van der Waals surface area contributed by atoms with Gasteiger partial charge in [-0.1, -0.05) is 27.5 Å². The minimum absolute atomic E-state index is 0.524. The molecular formula is C11H14BrClO2. The Hall–Kier alpha value is -0.250. The molecule has 1 rings (SSSR count). The first-order valence-electron chi connectivity index (χ1n) is 4.81. The van der Waals surface area contributed by atoms with E-state index in [2.05, 4.69) is 15.9 Å². The third kappa shape index (κ3) is 4.01. The molecule has 0 aliphatic carbocycles. The molecule has 0 aromatic heterocycles. The summed E-state index contributed by atoms with van der Waals surface area (Å²) >= 11 is 9.43. The molecule has 0 N–H and O–H groups in total. The molecule has 0 spiro atoms. The summed E-state index contributed by atoms with van der Waals surface area (Å²) in [4.78, 5) is 0. The number of rotatable bonds is 5. The van der Waals surface area contributed by atoms with Gasteiger partial charge in [-0.15, -0.1) is 0 Å². The molecule has 0 atom stereocenters. The minimum Gasteiger partial charge on any atom is -0.489 e. The Morgan fingerprint density at radius 2 is 2.07 bits per heavy atom. The van der Waals surface area contributed by atoms with Gasteiger partial charge in [-0.2, -0.15) is 0 Å². The van der Waals surface area contributed by atoms with Crippen molar-refractivity contribution >= 4 is 27.5 Å². The van der Waals surface area contributed by atoms with Crippen LogP contribution in [0, 0.1) is 6.92 Å². The van der Waals surface area contributed by atoms with Crippen LogP contribution in [0.5, 0.6) is 5.75 Å². The van der Waals surface area contributed by atoms with Crippen molar-refractivity contribution in [2.24, 2.45) is 0 Å². The molecular weight excluding hydrogens is 279 g/mol. The molecule has 0 unspecified atom stereocenters. The van der Waals surface area contributed by atoms with E-state index in [-0.39, 0.29) is 0 Å². The molecule has 0 fully saturated rings. The Labute approximate surface area is 104 Å². The summed E-state index contributed by atoms with van der Waals surface area (Å²) in [6, 6.07) is 3.80. The lowest BCUT2D eigenvalue weighted by atomic mass is 10.2. The van der Waals surface area contributed by atoms with Crippen LogP contribution in [0.4, 0.5) is 0 Å². The highest BCUT2D eigenvalue weighted by atomic mass is 79.9. The molecule has 0 aliphatic heterocycles. The molecule has 2 nitrogen and oxygen atoms in total. The van der Waals surface area contributed by atoms with Crippen molar-refractivity contribution in [2.75, 3.05) is 19.8 Å². The van der Waals surface area contributed by atoms with Crippen molar-refractivity contribution in [3.8, 4) is 5.75 Å². The lowest BCUT2D eigenvalue weighted by Gasteiger charge is -2.11. The second kappa shape index (κ2) is 6.36. The van der Waals surface area contributed by atoms with E-state index in [9.17, 15) is 0 Å². The normalized spacial score (nSPS) is 10.4. The van der Waals surface area contributed by atoms with Crippen LogP contribution in [0.15, 0.2) is 16.6 Å². The van der Waals surface area contributed by atoms with Crippen LogP contribution in [0.3, 0.4) is 0 Å². The van der Waals surface area contributed by atoms with Gasteiger partial charge in [-0.3, -0.25) is 0 Å². The second-order valence-electron chi connectivity index (χ2n) is 3.08. The Kier molecular flexibility index (Phi) is 5.43. The quantitative estimate of drug-likeness (QED) is 0.768. The number of halogens is 2. The van der Waals surface area contributed by atoms with Gasteiger partial charge in [0.05, 0.1) is 11.6 Å². The van der Waals surface area contributed by atoms with Gasteiger partial charge < -0.3 is 9.47 Å². The lowest BCUT2D eigenvalue weighted by molar-refractivity contribution is 0.110. The largest absolute Gasteiger partial charge is 0.489 e. The first-order chi connectivity index (χ1) is 7.15. The monoisotopic (exact) mass is 292 g/mol. The van der Waals surface area contributed by atoms with Crippen LogP contribution in [0.1, 0.15) is 12.5 Å². The van der Waals surface area contributed by atoms with Gasteiger partial charge >= 0.3 is 0 Å². The molecule has 0 heterocycles. The van der Waals surface area contributed by atoms with Crippen LogP contribution in [0.2, 0.25) is 5.02 Å². The number of aryl methyl sites for hydroxylation is 1. The molecule has 1 aromatic carbocycles. The highest BCUT2D eigenvalue weighted by Gasteiger charge is 2.06. The number of ether oxygens (including phenoxy) is 2. The number of benzene rings is 1. The molecule has 4 heteroatoms. The fourth-order valence-electron chi connectivity index (χ4n) is 1.22. The zero-order chi connectivity index (χ0) is 11.3. The van der Waals surface area contributed by atoms with Gasteiger partial charge in [0.2, 0.25) is 0 Å². The van der Waals surface area contributed by atoms with Crippen molar-refractivity contribution in [1.29, 1.82) is 0 Å². The first-order valence-corrected chi connectivity index (χ1v) is 5.98. The average Bonchev–Trinajstić information content (AvgIpc) is 2.15. The predicted octanol–water partition coefficient (Wildman–Crippen LogP) is 3.83. The van der Waals surface area contributed by atoms with Gasteiger partial charge in [0.15, 0.2) is 0 Å². The van der Waals surface area contributed by atoms with Crippen molar-refractivity contribution in [3.63, 3.8) is 0 Å². The zero-order valence-corrected chi connectivity index (χ0v) is 11.2. The first kappa shape index (κ1) is 12.8. The van der Waals surface area contributed by atoms with E-state index in [4.69, 9.17) is 21.1 Å². The van der Waals surface area contributed by atoms with E-state index in [1.54, 1.807) is 0 Å². The zero-order valence-electron chi connectivity index (χ0n) is 8.85. The van der Waals surface area contributed by atoms with Crippen LogP contribution < -0.4 is 4.74 Å². The lowest BCUT2D eigenvalue weighted by Crippen LogP contribution is -2.07. The van der Waals surface area contributed by atoms with Crippen LogP contribution in [-0.2, 0) is 4.74 Å². The number of hydrogen-bond acceptors (Lipinski definition) is 2. The summed E-state index contributed by atoms with van der Waals surface area (Å²) in [5, 5.41) is 0.623. The van der Waals surface area contributed by atoms with E-state index >= 15 is 0 Å². The molecule has 15 heavy (non-hydrogen) atoms. The van der Waals surface area contributed by atoms with Crippen molar-refractivity contribution in [2.45, 2.75) is 13.8 Å². The smallest absolute Gasteiger partial charge is 0.140 e. The summed E-state index contributed by atoms with van der Waals surface area (Å²) in [7, 11) is 0. The number of hydrogen-bond donors (Lipinski definition) is 0. The maximum atomic E-state index is 6.05. The fraction of sp³-hybridized carbons (Fsp3) is 0.455. The summed E-state index contributed by atoms with van der Waals surface area (Å²) in [5.41, 5.74) is 1.02. The highest BCUT2D eigenvalue weighted by molar-refractivity contribution is 9.10. The van der Waals surface area contributed by atoms with Gasteiger partial charge in [0.1, 0.15) is 12.4 Å².